The number of likely N-dealkylation sites (N-methyl/N-ethyl adjacent to an activating group) is 1. The zero-order valence-corrected chi connectivity index (χ0v) is 19.4. The molecule has 1 aromatic carbocycles. The number of rotatable bonds is 12. The monoisotopic (exact) mass is 440 g/mol. The summed E-state index contributed by atoms with van der Waals surface area (Å²) < 4.78 is 6.05. The molecule has 3 rings (SSSR count). The molecule has 0 radical (unpaired) electrons. The summed E-state index contributed by atoms with van der Waals surface area (Å²) in [5.41, 5.74) is 0.965. The molecule has 1 aromatic heterocycles. The number of aromatic nitrogens is 1. The topological polar surface area (TPSA) is 78.7 Å². The van der Waals surface area contributed by atoms with Gasteiger partial charge in [-0.3, -0.25) is 14.5 Å². The van der Waals surface area contributed by atoms with Crippen LogP contribution in [-0.4, -0.2) is 66.2 Å². The molecule has 1 aliphatic rings. The summed E-state index contributed by atoms with van der Waals surface area (Å²) in [6, 6.07) is 9.58. The van der Waals surface area contributed by atoms with E-state index in [1.807, 2.05) is 37.3 Å². The summed E-state index contributed by atoms with van der Waals surface area (Å²) in [6.45, 7) is 6.05. The highest BCUT2D eigenvalue weighted by atomic mass is 16.4. The molecule has 2 heterocycles. The van der Waals surface area contributed by atoms with Gasteiger partial charge in [0.2, 0.25) is 11.8 Å². The number of carbonyl (C=O) groups is 2. The number of piperazine rings is 1. The molecule has 7 nitrogen and oxygen atoms in total. The van der Waals surface area contributed by atoms with Crippen molar-refractivity contribution in [3.05, 3.63) is 42.4 Å². The minimum absolute atomic E-state index is 0.000162. The van der Waals surface area contributed by atoms with Crippen LogP contribution in [0.4, 0.5) is 0 Å². The molecule has 1 fully saturated rings. The van der Waals surface area contributed by atoms with Crippen molar-refractivity contribution in [2.45, 2.75) is 51.5 Å². The van der Waals surface area contributed by atoms with Crippen LogP contribution in [0.1, 0.15) is 57.4 Å². The van der Waals surface area contributed by atoms with Crippen LogP contribution < -0.4 is 5.32 Å². The lowest BCUT2D eigenvalue weighted by atomic mass is 10.0. The van der Waals surface area contributed by atoms with E-state index < -0.39 is 0 Å². The number of amides is 1. The van der Waals surface area contributed by atoms with Gasteiger partial charge in [0.15, 0.2) is 5.76 Å². The zero-order chi connectivity index (χ0) is 22.8. The van der Waals surface area contributed by atoms with E-state index in [0.717, 1.165) is 57.4 Å². The van der Waals surface area contributed by atoms with Gasteiger partial charge in [0, 0.05) is 44.6 Å². The Morgan fingerprint density at radius 2 is 1.84 bits per heavy atom. The third-order valence-corrected chi connectivity index (χ3v) is 6.02. The maximum Gasteiger partial charge on any atom is 0.234 e. The van der Waals surface area contributed by atoms with E-state index in [1.54, 1.807) is 6.20 Å². The first-order chi connectivity index (χ1) is 15.5. The Labute approximate surface area is 191 Å². The number of hydrogen-bond acceptors (Lipinski definition) is 6. The molecule has 7 heteroatoms. The Morgan fingerprint density at radius 3 is 2.56 bits per heavy atom. The molecular weight excluding hydrogens is 404 g/mol. The molecule has 1 atom stereocenters. The number of Topliss-reactive ketones (excluding diaryl/α,β-unsaturated/α-hetero) is 1. The summed E-state index contributed by atoms with van der Waals surface area (Å²) >= 11 is 0. The molecule has 0 bridgehead atoms. The smallest absolute Gasteiger partial charge is 0.234 e. The first-order valence-corrected chi connectivity index (χ1v) is 11.8. The van der Waals surface area contributed by atoms with E-state index in [-0.39, 0.29) is 11.9 Å². The summed E-state index contributed by atoms with van der Waals surface area (Å²) in [4.78, 5) is 33.3. The fourth-order valence-electron chi connectivity index (χ4n) is 3.92. The quantitative estimate of drug-likeness (QED) is 0.507. The standard InChI is InChI=1S/C25H36N4O3/c1-3-21(30)12-8-5-9-13-22(27-24(31)19-29-16-14-28(2)15-17-29)25-26-18-23(32-25)20-10-6-4-7-11-20/h4,6-7,10-11,18,22H,3,5,8-9,12-17,19H2,1-2H3,(H,27,31). The lowest BCUT2D eigenvalue weighted by Crippen LogP contribution is -2.48. The molecule has 2 aromatic rings. The SMILES string of the molecule is CCC(=O)CCCCCC(NC(=O)CN1CCN(C)CC1)c1ncc(-c2ccccc2)o1. The van der Waals surface area contributed by atoms with Crippen LogP contribution >= 0.6 is 0 Å². The van der Waals surface area contributed by atoms with Gasteiger partial charge < -0.3 is 14.6 Å². The van der Waals surface area contributed by atoms with Crippen molar-refractivity contribution in [3.63, 3.8) is 0 Å². The Morgan fingerprint density at radius 1 is 1.09 bits per heavy atom. The molecule has 1 saturated heterocycles. The number of carbonyl (C=O) groups excluding carboxylic acids is 2. The third kappa shape index (κ3) is 7.57. The van der Waals surface area contributed by atoms with Crippen LogP contribution in [0, 0.1) is 0 Å². The van der Waals surface area contributed by atoms with Gasteiger partial charge in [0.05, 0.1) is 12.7 Å². The van der Waals surface area contributed by atoms with Gasteiger partial charge in [-0.25, -0.2) is 4.98 Å². The number of nitrogens with one attached hydrogen (secondary N) is 1. The molecule has 0 saturated carbocycles. The second-order valence-electron chi connectivity index (χ2n) is 8.62. The number of hydrogen-bond donors (Lipinski definition) is 1. The second kappa shape index (κ2) is 12.5. The molecular formula is C25H36N4O3. The Hall–Kier alpha value is -2.51. The predicted octanol–water partition coefficient (Wildman–Crippen LogP) is 3.68. The van der Waals surface area contributed by atoms with E-state index in [1.165, 1.54) is 0 Å². The number of nitrogens with zero attached hydrogens (tertiary/aromatic N) is 3. The minimum atomic E-state index is -0.269. The van der Waals surface area contributed by atoms with Crippen molar-refractivity contribution < 1.29 is 14.0 Å². The van der Waals surface area contributed by atoms with Crippen molar-refractivity contribution in [1.29, 1.82) is 0 Å². The fourth-order valence-corrected chi connectivity index (χ4v) is 3.92. The zero-order valence-electron chi connectivity index (χ0n) is 19.4. The van der Waals surface area contributed by atoms with E-state index in [4.69, 9.17) is 4.42 Å². The maximum atomic E-state index is 12.8. The average Bonchev–Trinajstić information content (AvgIpc) is 3.30. The highest BCUT2D eigenvalue weighted by Crippen LogP contribution is 2.26. The van der Waals surface area contributed by atoms with Gasteiger partial charge in [0.25, 0.3) is 0 Å². The van der Waals surface area contributed by atoms with Crippen LogP contribution in [0.25, 0.3) is 11.3 Å². The van der Waals surface area contributed by atoms with Gasteiger partial charge in [-0.15, -0.1) is 0 Å². The van der Waals surface area contributed by atoms with E-state index in [2.05, 4.69) is 27.1 Å². The molecule has 1 amide bonds. The summed E-state index contributed by atoms with van der Waals surface area (Å²) in [6.07, 6.45) is 6.43. The Balaban J connectivity index is 1.59. The van der Waals surface area contributed by atoms with Gasteiger partial charge in [-0.2, -0.15) is 0 Å². The van der Waals surface area contributed by atoms with Gasteiger partial charge >= 0.3 is 0 Å². The van der Waals surface area contributed by atoms with E-state index in [0.29, 0.717) is 36.8 Å². The first-order valence-electron chi connectivity index (χ1n) is 11.8. The molecule has 174 valence electrons. The van der Waals surface area contributed by atoms with E-state index >= 15 is 0 Å². The molecule has 1 aliphatic heterocycles. The van der Waals surface area contributed by atoms with Crippen LogP contribution in [0.3, 0.4) is 0 Å². The van der Waals surface area contributed by atoms with Crippen molar-refractivity contribution in [3.8, 4) is 11.3 Å². The van der Waals surface area contributed by atoms with Crippen molar-refractivity contribution in [2.24, 2.45) is 0 Å². The largest absolute Gasteiger partial charge is 0.438 e. The lowest BCUT2D eigenvalue weighted by molar-refractivity contribution is -0.123. The number of oxazole rings is 1. The maximum absolute atomic E-state index is 12.8. The predicted molar refractivity (Wildman–Crippen MR) is 125 cm³/mol. The Kier molecular flexibility index (Phi) is 9.43. The highest BCUT2D eigenvalue weighted by Gasteiger charge is 2.23. The second-order valence-corrected chi connectivity index (χ2v) is 8.62. The van der Waals surface area contributed by atoms with Crippen LogP contribution in [0.15, 0.2) is 40.9 Å². The van der Waals surface area contributed by atoms with Crippen molar-refractivity contribution >= 4 is 11.7 Å². The Bertz CT molecular complexity index is 844. The number of unbranched alkanes of at least 4 members (excludes halogenated alkanes) is 2. The third-order valence-electron chi connectivity index (χ3n) is 6.02. The molecule has 0 spiro atoms. The number of benzene rings is 1. The minimum Gasteiger partial charge on any atom is -0.438 e. The van der Waals surface area contributed by atoms with Gasteiger partial charge in [0.1, 0.15) is 11.8 Å². The van der Waals surface area contributed by atoms with Crippen molar-refractivity contribution in [1.82, 2.24) is 20.1 Å². The van der Waals surface area contributed by atoms with Crippen LogP contribution in [0.5, 0.6) is 0 Å². The first kappa shape index (κ1) is 24.1. The highest BCUT2D eigenvalue weighted by molar-refractivity contribution is 5.78. The van der Waals surface area contributed by atoms with E-state index in [9.17, 15) is 9.59 Å². The molecule has 1 unspecified atom stereocenters. The van der Waals surface area contributed by atoms with Crippen molar-refractivity contribution in [2.75, 3.05) is 39.8 Å². The van der Waals surface area contributed by atoms with Gasteiger partial charge in [-0.05, 0) is 19.9 Å². The number of ketones is 1. The van der Waals surface area contributed by atoms with Gasteiger partial charge in [-0.1, -0.05) is 50.1 Å². The molecule has 32 heavy (non-hydrogen) atoms. The van der Waals surface area contributed by atoms with Crippen LogP contribution in [0.2, 0.25) is 0 Å². The summed E-state index contributed by atoms with van der Waals surface area (Å²) in [5, 5.41) is 3.15. The molecule has 1 N–H and O–H groups in total. The average molecular weight is 441 g/mol. The fraction of sp³-hybridized carbons (Fsp3) is 0.560. The lowest BCUT2D eigenvalue weighted by Gasteiger charge is -2.32. The van der Waals surface area contributed by atoms with Crippen LogP contribution in [-0.2, 0) is 9.59 Å². The summed E-state index contributed by atoms with van der Waals surface area (Å²) in [7, 11) is 2.11. The molecule has 0 aliphatic carbocycles. The normalized spacial score (nSPS) is 16.1. The summed E-state index contributed by atoms with van der Waals surface area (Å²) in [5.74, 6) is 1.55.